The predicted molar refractivity (Wildman–Crippen MR) is 83.4 cm³/mol. The van der Waals surface area contributed by atoms with E-state index in [4.69, 9.17) is 5.73 Å². The number of carbonyl (C=O) groups is 1. The molecule has 2 rings (SSSR count). The molecule has 5 nitrogen and oxygen atoms in total. The Bertz CT molecular complexity index is 571. The number of nitrogens with two attached hydrogens (primary N) is 1. The van der Waals surface area contributed by atoms with Gasteiger partial charge in [0.25, 0.3) is 5.91 Å². The van der Waals surface area contributed by atoms with Gasteiger partial charge in [-0.25, -0.2) is 4.98 Å². The van der Waals surface area contributed by atoms with E-state index in [-0.39, 0.29) is 18.6 Å². The van der Waals surface area contributed by atoms with E-state index in [0.29, 0.717) is 25.1 Å². The molecule has 1 aromatic heterocycles. The summed E-state index contributed by atoms with van der Waals surface area (Å²) in [7, 11) is 0. The third kappa shape index (κ3) is 4.63. The normalized spacial score (nSPS) is 12.1. The van der Waals surface area contributed by atoms with Gasteiger partial charge in [0.15, 0.2) is 0 Å². The molecule has 1 heterocycles. The average molecular weight is 305 g/mol. The van der Waals surface area contributed by atoms with Crippen LogP contribution in [0.25, 0.3) is 0 Å². The monoisotopic (exact) mass is 305 g/mol. The molecule has 21 heavy (non-hydrogen) atoms. The van der Waals surface area contributed by atoms with Gasteiger partial charge in [-0.1, -0.05) is 30.3 Å². The standard InChI is InChI=1S/C15H19N3O2S/c16-7-6-14-18-13(10-21-14)15(20)17-12(9-19)8-11-4-2-1-3-5-11/h1-5,10,12,19H,6-9,16H2,(H,17,20). The average Bonchev–Trinajstić information content (AvgIpc) is 2.97. The lowest BCUT2D eigenvalue weighted by Crippen LogP contribution is -2.39. The molecular formula is C15H19N3O2S. The van der Waals surface area contributed by atoms with E-state index < -0.39 is 0 Å². The first-order valence-corrected chi connectivity index (χ1v) is 7.71. The highest BCUT2D eigenvalue weighted by Gasteiger charge is 2.16. The van der Waals surface area contributed by atoms with Crippen LogP contribution in [0.1, 0.15) is 21.1 Å². The number of hydrogen-bond acceptors (Lipinski definition) is 5. The van der Waals surface area contributed by atoms with Gasteiger partial charge in [0.05, 0.1) is 17.7 Å². The smallest absolute Gasteiger partial charge is 0.271 e. The molecule has 1 atom stereocenters. The molecule has 0 aliphatic rings. The Morgan fingerprint density at radius 2 is 2.14 bits per heavy atom. The quantitative estimate of drug-likeness (QED) is 0.711. The van der Waals surface area contributed by atoms with E-state index in [1.807, 2.05) is 30.3 Å². The van der Waals surface area contributed by atoms with Crippen molar-refractivity contribution in [3.05, 3.63) is 52.0 Å². The molecule has 1 unspecified atom stereocenters. The van der Waals surface area contributed by atoms with Gasteiger partial charge < -0.3 is 16.2 Å². The number of nitrogens with one attached hydrogen (secondary N) is 1. The summed E-state index contributed by atoms with van der Waals surface area (Å²) in [6.45, 7) is 0.405. The van der Waals surface area contributed by atoms with Crippen LogP contribution in [-0.2, 0) is 12.8 Å². The lowest BCUT2D eigenvalue weighted by atomic mass is 10.1. The summed E-state index contributed by atoms with van der Waals surface area (Å²) in [6.07, 6.45) is 1.26. The Balaban J connectivity index is 1.95. The molecular weight excluding hydrogens is 286 g/mol. The van der Waals surface area contributed by atoms with Crippen LogP contribution in [0.2, 0.25) is 0 Å². The number of nitrogens with zero attached hydrogens (tertiary/aromatic N) is 1. The van der Waals surface area contributed by atoms with E-state index in [1.54, 1.807) is 5.38 Å². The van der Waals surface area contributed by atoms with Crippen LogP contribution >= 0.6 is 11.3 Å². The van der Waals surface area contributed by atoms with Gasteiger partial charge in [0, 0.05) is 11.8 Å². The minimum absolute atomic E-state index is 0.111. The van der Waals surface area contributed by atoms with Crippen LogP contribution in [0.4, 0.5) is 0 Å². The van der Waals surface area contributed by atoms with E-state index in [2.05, 4.69) is 10.3 Å². The van der Waals surface area contributed by atoms with Crippen molar-refractivity contribution < 1.29 is 9.90 Å². The second kappa shape index (κ2) is 7.87. The molecule has 0 spiro atoms. The van der Waals surface area contributed by atoms with Gasteiger partial charge in [0.1, 0.15) is 5.69 Å². The summed E-state index contributed by atoms with van der Waals surface area (Å²) in [5.74, 6) is -0.260. The van der Waals surface area contributed by atoms with Gasteiger partial charge in [-0.05, 0) is 18.5 Å². The Morgan fingerprint density at radius 1 is 1.38 bits per heavy atom. The SMILES string of the molecule is NCCc1nc(C(=O)NC(CO)Cc2ccccc2)cs1. The molecule has 0 saturated heterocycles. The molecule has 0 radical (unpaired) electrons. The summed E-state index contributed by atoms with van der Waals surface area (Å²) in [5.41, 5.74) is 6.92. The third-order valence-corrected chi connectivity index (χ3v) is 3.93. The fraction of sp³-hybridized carbons (Fsp3) is 0.333. The van der Waals surface area contributed by atoms with Crippen molar-refractivity contribution in [2.45, 2.75) is 18.9 Å². The number of rotatable bonds is 7. The second-order valence-electron chi connectivity index (χ2n) is 4.71. The zero-order chi connectivity index (χ0) is 15.1. The summed E-state index contributed by atoms with van der Waals surface area (Å²) >= 11 is 1.43. The van der Waals surface area contributed by atoms with E-state index in [0.717, 1.165) is 10.6 Å². The molecule has 0 aliphatic heterocycles. The zero-order valence-corrected chi connectivity index (χ0v) is 12.5. The van der Waals surface area contributed by atoms with Crippen LogP contribution in [0.3, 0.4) is 0 Å². The lowest BCUT2D eigenvalue weighted by Gasteiger charge is -2.15. The maximum atomic E-state index is 12.1. The van der Waals surface area contributed by atoms with Crippen LogP contribution in [-0.4, -0.2) is 35.2 Å². The Labute approximate surface area is 127 Å². The molecule has 4 N–H and O–H groups in total. The number of benzene rings is 1. The van der Waals surface area contributed by atoms with Crippen LogP contribution in [0, 0.1) is 0 Å². The number of thiazole rings is 1. The molecule has 0 fully saturated rings. The molecule has 0 saturated carbocycles. The first kappa shape index (κ1) is 15.6. The number of amides is 1. The van der Waals surface area contributed by atoms with Crippen molar-refractivity contribution in [1.29, 1.82) is 0 Å². The fourth-order valence-corrected chi connectivity index (χ4v) is 2.77. The topological polar surface area (TPSA) is 88.2 Å². The summed E-state index contributed by atoms with van der Waals surface area (Å²) in [5, 5.41) is 14.8. The van der Waals surface area contributed by atoms with Crippen molar-refractivity contribution in [1.82, 2.24) is 10.3 Å². The van der Waals surface area contributed by atoms with Crippen molar-refractivity contribution in [2.75, 3.05) is 13.2 Å². The number of aliphatic hydroxyl groups is 1. The van der Waals surface area contributed by atoms with Crippen LogP contribution in [0.5, 0.6) is 0 Å². The van der Waals surface area contributed by atoms with E-state index >= 15 is 0 Å². The lowest BCUT2D eigenvalue weighted by molar-refractivity contribution is 0.0912. The van der Waals surface area contributed by atoms with Crippen LogP contribution in [0.15, 0.2) is 35.7 Å². The molecule has 1 amide bonds. The van der Waals surface area contributed by atoms with E-state index in [1.165, 1.54) is 11.3 Å². The van der Waals surface area contributed by atoms with Crippen molar-refractivity contribution in [3.8, 4) is 0 Å². The Hall–Kier alpha value is -1.76. The Morgan fingerprint density at radius 3 is 2.81 bits per heavy atom. The van der Waals surface area contributed by atoms with Gasteiger partial charge in [-0.15, -0.1) is 11.3 Å². The van der Waals surface area contributed by atoms with Crippen molar-refractivity contribution >= 4 is 17.2 Å². The van der Waals surface area contributed by atoms with Gasteiger partial charge in [0.2, 0.25) is 0 Å². The summed E-state index contributed by atoms with van der Waals surface area (Å²) in [4.78, 5) is 16.4. The number of aliphatic hydroxyl groups excluding tert-OH is 1. The van der Waals surface area contributed by atoms with Gasteiger partial charge in [-0.3, -0.25) is 4.79 Å². The second-order valence-corrected chi connectivity index (χ2v) is 5.65. The summed E-state index contributed by atoms with van der Waals surface area (Å²) < 4.78 is 0. The van der Waals surface area contributed by atoms with Gasteiger partial charge in [-0.2, -0.15) is 0 Å². The number of carbonyl (C=O) groups excluding carboxylic acids is 1. The molecule has 2 aromatic rings. The number of aromatic nitrogens is 1. The highest BCUT2D eigenvalue weighted by atomic mass is 32.1. The molecule has 6 heteroatoms. The van der Waals surface area contributed by atoms with Crippen molar-refractivity contribution in [2.24, 2.45) is 5.73 Å². The minimum atomic E-state index is -0.320. The van der Waals surface area contributed by atoms with E-state index in [9.17, 15) is 9.90 Å². The Kier molecular flexibility index (Phi) is 5.86. The largest absolute Gasteiger partial charge is 0.394 e. The van der Waals surface area contributed by atoms with Crippen molar-refractivity contribution in [3.63, 3.8) is 0 Å². The minimum Gasteiger partial charge on any atom is -0.394 e. The third-order valence-electron chi connectivity index (χ3n) is 3.02. The molecule has 0 aliphatic carbocycles. The number of hydrogen-bond donors (Lipinski definition) is 3. The zero-order valence-electron chi connectivity index (χ0n) is 11.7. The molecule has 1 aromatic carbocycles. The maximum Gasteiger partial charge on any atom is 0.271 e. The van der Waals surface area contributed by atoms with Gasteiger partial charge >= 0.3 is 0 Å². The summed E-state index contributed by atoms with van der Waals surface area (Å²) in [6, 6.07) is 9.42. The fourth-order valence-electron chi connectivity index (χ4n) is 1.97. The molecule has 0 bridgehead atoms. The predicted octanol–water partition coefficient (Wildman–Crippen LogP) is 0.978. The molecule has 112 valence electrons. The maximum absolute atomic E-state index is 12.1. The van der Waals surface area contributed by atoms with Crippen LogP contribution < -0.4 is 11.1 Å². The highest BCUT2D eigenvalue weighted by Crippen LogP contribution is 2.10. The highest BCUT2D eigenvalue weighted by molar-refractivity contribution is 7.09. The first-order valence-electron chi connectivity index (χ1n) is 6.83. The first-order chi connectivity index (χ1) is 10.2.